The van der Waals surface area contributed by atoms with Crippen molar-refractivity contribution in [3.8, 4) is 0 Å². The summed E-state index contributed by atoms with van der Waals surface area (Å²) in [5.41, 5.74) is 8.91. The van der Waals surface area contributed by atoms with E-state index in [1.54, 1.807) is 6.20 Å². The summed E-state index contributed by atoms with van der Waals surface area (Å²) in [5.74, 6) is 0. The van der Waals surface area contributed by atoms with Gasteiger partial charge in [-0.25, -0.2) is 4.89 Å². The number of rotatable bonds is 4. The van der Waals surface area contributed by atoms with Gasteiger partial charge in [0.15, 0.2) is 0 Å². The summed E-state index contributed by atoms with van der Waals surface area (Å²) in [7, 11) is 0. The number of allylic oxidation sites excluding steroid dienone is 1. The molecule has 27 heavy (non-hydrogen) atoms. The molecule has 3 rings (SSSR count). The van der Waals surface area contributed by atoms with Crippen molar-refractivity contribution in [1.82, 2.24) is 4.98 Å². The van der Waals surface area contributed by atoms with E-state index in [0.29, 0.717) is 0 Å². The van der Waals surface area contributed by atoms with E-state index in [4.69, 9.17) is 5.26 Å². The van der Waals surface area contributed by atoms with Gasteiger partial charge in [-0.1, -0.05) is 45.9 Å². The van der Waals surface area contributed by atoms with E-state index in [0.717, 1.165) is 16.8 Å². The second-order valence-electron chi connectivity index (χ2n) is 9.17. The quantitative estimate of drug-likeness (QED) is 0.511. The van der Waals surface area contributed by atoms with Crippen LogP contribution in [0.15, 0.2) is 30.5 Å². The average molecular weight is 366 g/mol. The van der Waals surface area contributed by atoms with Gasteiger partial charge in [0, 0.05) is 6.20 Å². The minimum absolute atomic E-state index is 0.158. The molecule has 144 valence electrons. The maximum Gasteiger partial charge on any atom is 0.108 e. The van der Waals surface area contributed by atoms with Crippen LogP contribution >= 0.6 is 0 Å². The fourth-order valence-corrected chi connectivity index (χ4v) is 4.02. The number of nitrogens with zero attached hydrogens (tertiary/aromatic N) is 1. The molecule has 0 fully saturated rings. The molecular weight excluding hydrogens is 334 g/mol. The van der Waals surface area contributed by atoms with Crippen LogP contribution in [0.3, 0.4) is 0 Å². The molecule has 1 aliphatic carbocycles. The van der Waals surface area contributed by atoms with Crippen molar-refractivity contribution in [3.05, 3.63) is 64.0 Å². The highest BCUT2D eigenvalue weighted by Crippen LogP contribution is 2.46. The highest BCUT2D eigenvalue weighted by atomic mass is 17.1. The van der Waals surface area contributed by atoms with Crippen LogP contribution in [0, 0.1) is 6.92 Å². The molecule has 0 amide bonds. The largest absolute Gasteiger partial charge is 0.256 e. The molecule has 1 aliphatic rings. The molecule has 0 bridgehead atoms. The maximum absolute atomic E-state index is 8.56. The van der Waals surface area contributed by atoms with Crippen LogP contribution < -0.4 is 0 Å². The first-order valence-electron chi connectivity index (χ1n) is 9.70. The Morgan fingerprint density at radius 1 is 1.11 bits per heavy atom. The molecule has 0 radical (unpaired) electrons. The van der Waals surface area contributed by atoms with Gasteiger partial charge in [-0.2, -0.15) is 0 Å². The molecule has 2 aromatic rings. The lowest BCUT2D eigenvalue weighted by molar-refractivity contribution is -0.253. The Hall–Kier alpha value is -1.97. The number of aryl methyl sites for hydroxylation is 1. The lowest BCUT2D eigenvalue weighted by Crippen LogP contribution is -2.34. The molecule has 1 heterocycles. The maximum atomic E-state index is 8.56. The predicted molar refractivity (Wildman–Crippen MR) is 112 cm³/mol. The van der Waals surface area contributed by atoms with Crippen molar-refractivity contribution in [2.45, 2.75) is 71.8 Å². The minimum Gasteiger partial charge on any atom is -0.256 e. The van der Waals surface area contributed by atoms with E-state index in [-0.39, 0.29) is 17.4 Å². The van der Waals surface area contributed by atoms with E-state index < -0.39 is 0 Å². The van der Waals surface area contributed by atoms with Crippen LogP contribution in [0.2, 0.25) is 0 Å². The van der Waals surface area contributed by atoms with E-state index in [2.05, 4.69) is 69.6 Å². The molecule has 1 N–H and O–H groups in total. The Bertz CT molecular complexity index is 861. The highest BCUT2D eigenvalue weighted by molar-refractivity contribution is 5.80. The zero-order valence-corrected chi connectivity index (χ0v) is 17.4. The molecule has 0 atom stereocenters. The second kappa shape index (κ2) is 7.21. The summed E-state index contributed by atoms with van der Waals surface area (Å²) in [5, 5.41) is 8.56. The van der Waals surface area contributed by atoms with Crippen LogP contribution in [0.5, 0.6) is 0 Å². The van der Waals surface area contributed by atoms with Crippen molar-refractivity contribution >= 4 is 11.6 Å². The Kier molecular flexibility index (Phi) is 5.29. The Morgan fingerprint density at radius 2 is 1.74 bits per heavy atom. The standard InChI is InChI=1S/C24H31NO2/c1-16-12-20-21(24(5,6)10-9-23(20,3)4)13-19(16)11-17(2)22-8-7-18(14-25-22)15-27-26/h7-8,11-14,26H,9-10,15H2,1-6H3. The van der Waals surface area contributed by atoms with E-state index in [1.165, 1.54) is 35.1 Å². The fourth-order valence-electron chi connectivity index (χ4n) is 4.02. The topological polar surface area (TPSA) is 42.4 Å². The molecule has 0 unspecified atom stereocenters. The third kappa shape index (κ3) is 3.99. The van der Waals surface area contributed by atoms with Crippen LogP contribution in [0.25, 0.3) is 11.6 Å². The van der Waals surface area contributed by atoms with Crippen LogP contribution in [0.1, 0.15) is 81.0 Å². The normalized spacial score (nSPS) is 18.3. The number of aromatic nitrogens is 1. The van der Waals surface area contributed by atoms with Gasteiger partial charge in [-0.15, -0.1) is 0 Å². The van der Waals surface area contributed by atoms with Gasteiger partial charge in [-0.3, -0.25) is 10.2 Å². The number of hydrogen-bond donors (Lipinski definition) is 1. The second-order valence-corrected chi connectivity index (χ2v) is 9.17. The van der Waals surface area contributed by atoms with Crippen molar-refractivity contribution in [2.24, 2.45) is 0 Å². The minimum atomic E-state index is 0.158. The van der Waals surface area contributed by atoms with Gasteiger partial charge in [-0.05, 0) is 83.1 Å². The van der Waals surface area contributed by atoms with E-state index >= 15 is 0 Å². The molecule has 0 saturated heterocycles. The Balaban J connectivity index is 2.01. The third-order valence-electron chi connectivity index (χ3n) is 6.07. The first-order valence-corrected chi connectivity index (χ1v) is 9.70. The molecule has 1 aromatic carbocycles. The van der Waals surface area contributed by atoms with Crippen molar-refractivity contribution < 1.29 is 10.1 Å². The van der Waals surface area contributed by atoms with Crippen LogP contribution in [0.4, 0.5) is 0 Å². The smallest absolute Gasteiger partial charge is 0.108 e. The predicted octanol–water partition coefficient (Wildman–Crippen LogP) is 6.29. The summed E-state index contributed by atoms with van der Waals surface area (Å²) in [4.78, 5) is 8.68. The molecule has 0 spiro atoms. The van der Waals surface area contributed by atoms with Gasteiger partial charge in [0.25, 0.3) is 0 Å². The molecular formula is C24H31NO2. The number of pyridine rings is 1. The molecule has 3 heteroatoms. The SMILES string of the molecule is CC(=Cc1cc2c(cc1C)C(C)(C)CCC2(C)C)c1ccc(COO)cn1. The molecule has 0 saturated carbocycles. The lowest BCUT2D eigenvalue weighted by Gasteiger charge is -2.42. The average Bonchev–Trinajstić information content (AvgIpc) is 2.61. The first kappa shape index (κ1) is 19.8. The van der Waals surface area contributed by atoms with Crippen molar-refractivity contribution in [3.63, 3.8) is 0 Å². The summed E-state index contributed by atoms with van der Waals surface area (Å²) in [6.07, 6.45) is 6.43. The Morgan fingerprint density at radius 3 is 2.30 bits per heavy atom. The first-order chi connectivity index (χ1) is 12.6. The highest BCUT2D eigenvalue weighted by Gasteiger charge is 2.37. The summed E-state index contributed by atoms with van der Waals surface area (Å²) >= 11 is 0. The van der Waals surface area contributed by atoms with Gasteiger partial charge < -0.3 is 0 Å². The summed E-state index contributed by atoms with van der Waals surface area (Å²) in [6.45, 7) is 13.9. The monoisotopic (exact) mass is 365 g/mol. The molecule has 0 aliphatic heterocycles. The summed E-state index contributed by atoms with van der Waals surface area (Å²) in [6, 6.07) is 8.69. The van der Waals surface area contributed by atoms with Gasteiger partial charge in [0.2, 0.25) is 0 Å². The zero-order chi connectivity index (χ0) is 19.8. The van der Waals surface area contributed by atoms with E-state index in [9.17, 15) is 0 Å². The molecule has 3 nitrogen and oxygen atoms in total. The van der Waals surface area contributed by atoms with Crippen LogP contribution in [-0.2, 0) is 22.3 Å². The van der Waals surface area contributed by atoms with Crippen molar-refractivity contribution in [1.29, 1.82) is 0 Å². The lowest BCUT2D eigenvalue weighted by atomic mass is 9.62. The zero-order valence-electron chi connectivity index (χ0n) is 17.4. The third-order valence-corrected chi connectivity index (χ3v) is 6.07. The Labute approximate surface area is 163 Å². The van der Waals surface area contributed by atoms with Crippen molar-refractivity contribution in [2.75, 3.05) is 0 Å². The fraction of sp³-hybridized carbons (Fsp3) is 0.458. The van der Waals surface area contributed by atoms with Gasteiger partial charge >= 0.3 is 0 Å². The van der Waals surface area contributed by atoms with Crippen LogP contribution in [-0.4, -0.2) is 10.2 Å². The van der Waals surface area contributed by atoms with Gasteiger partial charge in [0.1, 0.15) is 6.61 Å². The van der Waals surface area contributed by atoms with Gasteiger partial charge in [0.05, 0.1) is 5.69 Å². The van der Waals surface area contributed by atoms with E-state index in [1.807, 2.05) is 12.1 Å². The summed E-state index contributed by atoms with van der Waals surface area (Å²) < 4.78 is 0. The molecule has 1 aromatic heterocycles. The number of hydrogen-bond acceptors (Lipinski definition) is 3. The number of benzene rings is 1. The number of fused-ring (bicyclic) bond motifs is 1.